The minimum absolute atomic E-state index is 0.0613. The van der Waals surface area contributed by atoms with E-state index in [2.05, 4.69) is 13.2 Å². The van der Waals surface area contributed by atoms with Gasteiger partial charge in [-0.2, -0.15) is 0 Å². The third-order valence-electron chi connectivity index (χ3n) is 7.46. The summed E-state index contributed by atoms with van der Waals surface area (Å²) in [6, 6.07) is 21.8. The molecule has 6 rings (SSSR count). The van der Waals surface area contributed by atoms with Crippen LogP contribution in [0.2, 0.25) is 0 Å². The van der Waals surface area contributed by atoms with Crippen molar-refractivity contribution in [2.45, 2.75) is 0 Å². The van der Waals surface area contributed by atoms with E-state index in [4.69, 9.17) is 9.47 Å². The number of carbonyl (C=O) groups is 6. The first kappa shape index (κ1) is 29.6. The van der Waals surface area contributed by atoms with Crippen LogP contribution in [0.5, 0.6) is 11.5 Å². The van der Waals surface area contributed by atoms with Crippen LogP contribution >= 0.6 is 0 Å². The Hall–Kier alpha value is -6.42. The second-order valence-corrected chi connectivity index (χ2v) is 10.4. The van der Waals surface area contributed by atoms with Gasteiger partial charge in [0.15, 0.2) is 0 Å². The normalized spacial score (nSPS) is 13.4. The average Bonchev–Trinajstić information content (AvgIpc) is 3.44. The molecule has 0 unspecified atom stereocenters. The number of hydrogen-bond donors (Lipinski definition) is 0. The van der Waals surface area contributed by atoms with E-state index in [0.717, 1.165) is 9.80 Å². The highest BCUT2D eigenvalue weighted by molar-refractivity contribution is 6.22. The molecule has 2 aliphatic heterocycles. The van der Waals surface area contributed by atoms with Crippen LogP contribution in [0.15, 0.2) is 110 Å². The zero-order valence-electron chi connectivity index (χ0n) is 24.2. The van der Waals surface area contributed by atoms with Gasteiger partial charge < -0.3 is 9.47 Å². The molecular formula is C36H24N2O8. The molecule has 4 aromatic carbocycles. The first-order valence-electron chi connectivity index (χ1n) is 14.1. The van der Waals surface area contributed by atoms with E-state index in [0.29, 0.717) is 11.1 Å². The lowest BCUT2D eigenvalue weighted by Crippen LogP contribution is -2.29. The van der Waals surface area contributed by atoms with Crippen molar-refractivity contribution in [3.63, 3.8) is 0 Å². The molecule has 0 N–H and O–H groups in total. The number of hydrogen-bond acceptors (Lipinski definition) is 8. The monoisotopic (exact) mass is 612 g/mol. The second-order valence-electron chi connectivity index (χ2n) is 10.4. The fraction of sp³-hybridized carbons (Fsp3) is 0.0556. The molecule has 2 aliphatic rings. The summed E-state index contributed by atoms with van der Waals surface area (Å²) >= 11 is 0. The largest absolute Gasteiger partial charge is 0.423 e. The van der Waals surface area contributed by atoms with Gasteiger partial charge in [0.25, 0.3) is 23.6 Å². The number of imide groups is 2. The highest BCUT2D eigenvalue weighted by Gasteiger charge is 2.36. The van der Waals surface area contributed by atoms with E-state index in [-0.39, 0.29) is 58.0 Å². The van der Waals surface area contributed by atoms with Gasteiger partial charge in [0.2, 0.25) is 0 Å². The molecule has 2 heterocycles. The van der Waals surface area contributed by atoms with Gasteiger partial charge in [-0.1, -0.05) is 36.4 Å². The van der Waals surface area contributed by atoms with Crippen molar-refractivity contribution in [1.82, 2.24) is 9.80 Å². The highest BCUT2D eigenvalue weighted by Crippen LogP contribution is 2.30. The molecule has 46 heavy (non-hydrogen) atoms. The summed E-state index contributed by atoms with van der Waals surface area (Å²) < 4.78 is 11.2. The summed E-state index contributed by atoms with van der Waals surface area (Å²) in [6.45, 7) is 7.25. The van der Waals surface area contributed by atoms with Gasteiger partial charge in [0.1, 0.15) is 11.5 Å². The lowest BCUT2D eigenvalue weighted by atomic mass is 10.0. The van der Waals surface area contributed by atoms with Crippen LogP contribution in [0, 0.1) is 0 Å². The second kappa shape index (κ2) is 11.9. The summed E-state index contributed by atoms with van der Waals surface area (Å²) in [7, 11) is 0. The molecule has 226 valence electrons. The maximum absolute atomic E-state index is 13.0. The molecule has 0 spiro atoms. The van der Waals surface area contributed by atoms with Gasteiger partial charge in [0.05, 0.1) is 33.4 Å². The van der Waals surface area contributed by atoms with Crippen LogP contribution in [0.1, 0.15) is 62.1 Å². The summed E-state index contributed by atoms with van der Waals surface area (Å²) in [6.07, 6.45) is 2.90. The van der Waals surface area contributed by atoms with Crippen molar-refractivity contribution >= 4 is 35.6 Å². The quantitative estimate of drug-likeness (QED) is 0.107. The van der Waals surface area contributed by atoms with Crippen LogP contribution in [-0.4, -0.2) is 58.5 Å². The predicted octanol–water partition coefficient (Wildman–Crippen LogP) is 5.36. The van der Waals surface area contributed by atoms with Gasteiger partial charge in [-0.15, -0.1) is 13.2 Å². The first-order chi connectivity index (χ1) is 22.2. The zero-order valence-corrected chi connectivity index (χ0v) is 24.2. The molecule has 4 amide bonds. The van der Waals surface area contributed by atoms with Gasteiger partial charge in [0, 0.05) is 13.1 Å². The van der Waals surface area contributed by atoms with E-state index in [1.807, 2.05) is 0 Å². The van der Waals surface area contributed by atoms with Gasteiger partial charge in [-0.05, 0) is 71.8 Å². The molecule has 0 aliphatic carbocycles. The Balaban J connectivity index is 1.16. The number of rotatable bonds is 9. The molecule has 0 atom stereocenters. The summed E-state index contributed by atoms with van der Waals surface area (Å²) in [4.78, 5) is 78.3. The minimum atomic E-state index is -0.716. The minimum Gasteiger partial charge on any atom is -0.423 e. The molecule has 0 bridgehead atoms. The van der Waals surface area contributed by atoms with Crippen LogP contribution in [0.3, 0.4) is 0 Å². The summed E-state index contributed by atoms with van der Waals surface area (Å²) in [5.41, 5.74) is 2.18. The maximum atomic E-state index is 13.0. The van der Waals surface area contributed by atoms with Crippen molar-refractivity contribution in [2.75, 3.05) is 13.1 Å². The van der Waals surface area contributed by atoms with E-state index in [1.165, 1.54) is 48.6 Å². The molecular weight excluding hydrogens is 588 g/mol. The number of nitrogens with zero attached hydrogens (tertiary/aromatic N) is 2. The van der Waals surface area contributed by atoms with Crippen molar-refractivity contribution in [3.05, 3.63) is 144 Å². The van der Waals surface area contributed by atoms with Crippen LogP contribution < -0.4 is 9.47 Å². The van der Waals surface area contributed by atoms with Crippen molar-refractivity contribution in [2.24, 2.45) is 0 Å². The van der Waals surface area contributed by atoms with Crippen LogP contribution in [0.4, 0.5) is 0 Å². The molecule has 0 aromatic heterocycles. The molecule has 10 nitrogen and oxygen atoms in total. The lowest BCUT2D eigenvalue weighted by molar-refractivity contribution is 0.0656. The third kappa shape index (κ3) is 5.28. The fourth-order valence-electron chi connectivity index (χ4n) is 5.24. The van der Waals surface area contributed by atoms with Crippen molar-refractivity contribution in [1.29, 1.82) is 0 Å². The van der Waals surface area contributed by atoms with Crippen molar-refractivity contribution in [3.8, 4) is 22.6 Å². The van der Waals surface area contributed by atoms with Crippen molar-refractivity contribution < 1.29 is 38.2 Å². The Morgan fingerprint density at radius 2 is 0.935 bits per heavy atom. The molecule has 4 aromatic rings. The standard InChI is InChI=1S/C36H24N2O8/c1-3-15-37-31(39)27-13-11-23(19-29(27)33(37)41)35(43)45-25-9-5-7-21(17-25)22-8-6-10-26(18-22)46-36(44)24-12-14-28-30(20-24)34(42)38(16-4-2)32(28)40/h3-14,17-20H,1-2,15-16H2. The van der Waals surface area contributed by atoms with Gasteiger partial charge in [-0.3, -0.25) is 29.0 Å². The fourth-order valence-corrected chi connectivity index (χ4v) is 5.24. The van der Waals surface area contributed by atoms with E-state index in [1.54, 1.807) is 48.5 Å². The molecule has 0 fully saturated rings. The maximum Gasteiger partial charge on any atom is 0.343 e. The van der Waals surface area contributed by atoms with Crippen LogP contribution in [0.25, 0.3) is 11.1 Å². The zero-order chi connectivity index (χ0) is 32.5. The number of esters is 2. The number of fused-ring (bicyclic) bond motifs is 2. The van der Waals surface area contributed by atoms with Crippen LogP contribution in [-0.2, 0) is 0 Å². The smallest absolute Gasteiger partial charge is 0.343 e. The summed E-state index contributed by atoms with van der Waals surface area (Å²) in [5.74, 6) is -2.89. The third-order valence-corrected chi connectivity index (χ3v) is 7.46. The van der Waals surface area contributed by atoms with E-state index >= 15 is 0 Å². The average molecular weight is 613 g/mol. The number of ether oxygens (including phenoxy) is 2. The Morgan fingerprint density at radius 1 is 0.543 bits per heavy atom. The Bertz CT molecular complexity index is 1880. The molecule has 0 saturated carbocycles. The molecule has 10 heteroatoms. The SMILES string of the molecule is C=CCN1C(=O)c2ccc(C(=O)Oc3cccc(-c4cccc(OC(=O)c5ccc6c(c5)C(=O)N(CC=C)C6=O)c4)c3)cc2C1=O. The predicted molar refractivity (Wildman–Crippen MR) is 166 cm³/mol. The van der Waals surface area contributed by atoms with E-state index < -0.39 is 35.6 Å². The molecule has 0 radical (unpaired) electrons. The lowest BCUT2D eigenvalue weighted by Gasteiger charge is -2.10. The number of amides is 4. The van der Waals surface area contributed by atoms with Gasteiger partial charge in [-0.25, -0.2) is 9.59 Å². The van der Waals surface area contributed by atoms with Gasteiger partial charge >= 0.3 is 11.9 Å². The first-order valence-corrected chi connectivity index (χ1v) is 14.1. The summed E-state index contributed by atoms with van der Waals surface area (Å²) in [5, 5.41) is 0. The Morgan fingerprint density at radius 3 is 1.33 bits per heavy atom. The number of carbonyl (C=O) groups excluding carboxylic acids is 6. The Labute approximate surface area is 262 Å². The molecule has 0 saturated heterocycles. The van der Waals surface area contributed by atoms with E-state index in [9.17, 15) is 28.8 Å². The topological polar surface area (TPSA) is 127 Å². The highest BCUT2D eigenvalue weighted by atomic mass is 16.5. The number of benzene rings is 4. The Kier molecular flexibility index (Phi) is 7.69.